The summed E-state index contributed by atoms with van der Waals surface area (Å²) in [7, 11) is 0. The molecule has 6 heteroatoms. The van der Waals surface area contributed by atoms with Gasteiger partial charge in [-0.05, 0) is 63.8 Å². The molecule has 3 aromatic heterocycles. The van der Waals surface area contributed by atoms with Gasteiger partial charge in [-0.15, -0.1) is 0 Å². The normalized spacial score (nSPS) is 10.9. The van der Waals surface area contributed by atoms with Gasteiger partial charge in [0.15, 0.2) is 0 Å². The van der Waals surface area contributed by atoms with E-state index >= 15 is 0 Å². The third-order valence-corrected chi connectivity index (χ3v) is 4.94. The number of aryl methyl sites for hydroxylation is 4. The molecule has 0 unspecified atom stereocenters. The summed E-state index contributed by atoms with van der Waals surface area (Å²) in [5, 5.41) is 4.06. The van der Waals surface area contributed by atoms with Crippen molar-refractivity contribution in [2.45, 2.75) is 53.9 Å². The standard InChI is InChI=1S/C23H27N3O3/c1-6-8-9-17-11-18(21-15(4)26-29-16(21)5)12-25-22(17)19-13-24-20(10-14(19)3)23(27)28-7-2/h10-13H,6-9H2,1-5H3. The van der Waals surface area contributed by atoms with Crippen molar-refractivity contribution < 1.29 is 14.1 Å². The highest BCUT2D eigenvalue weighted by atomic mass is 16.5. The van der Waals surface area contributed by atoms with Crippen LogP contribution in [0.1, 0.15) is 59.8 Å². The van der Waals surface area contributed by atoms with Crippen LogP contribution in [0.5, 0.6) is 0 Å². The molecule has 0 spiro atoms. The number of aromatic nitrogens is 3. The summed E-state index contributed by atoms with van der Waals surface area (Å²) in [6.45, 7) is 10.1. The largest absolute Gasteiger partial charge is 0.461 e. The van der Waals surface area contributed by atoms with Gasteiger partial charge in [-0.1, -0.05) is 18.5 Å². The SMILES string of the molecule is CCCCc1cc(-c2c(C)noc2C)cnc1-c1cnc(C(=O)OCC)cc1C. The number of carbonyl (C=O) groups is 1. The molecule has 0 fully saturated rings. The number of nitrogens with zero attached hydrogens (tertiary/aromatic N) is 3. The van der Waals surface area contributed by atoms with Crippen LogP contribution in [0.3, 0.4) is 0 Å². The summed E-state index contributed by atoms with van der Waals surface area (Å²) >= 11 is 0. The first-order valence-electron chi connectivity index (χ1n) is 10.0. The van der Waals surface area contributed by atoms with Crippen molar-refractivity contribution in [1.82, 2.24) is 15.1 Å². The van der Waals surface area contributed by atoms with E-state index in [1.54, 1.807) is 19.2 Å². The number of esters is 1. The van der Waals surface area contributed by atoms with E-state index in [2.05, 4.69) is 23.1 Å². The number of rotatable bonds is 7. The molecule has 0 saturated heterocycles. The molecular weight excluding hydrogens is 366 g/mol. The number of hydrogen-bond acceptors (Lipinski definition) is 6. The van der Waals surface area contributed by atoms with Crippen molar-refractivity contribution in [2.24, 2.45) is 0 Å². The highest BCUT2D eigenvalue weighted by Gasteiger charge is 2.17. The Morgan fingerprint density at radius 1 is 1.10 bits per heavy atom. The van der Waals surface area contributed by atoms with Crippen LogP contribution in [0.15, 0.2) is 29.0 Å². The summed E-state index contributed by atoms with van der Waals surface area (Å²) in [5.74, 6) is 0.380. The second-order valence-electron chi connectivity index (χ2n) is 7.14. The molecule has 0 bridgehead atoms. The number of hydrogen-bond donors (Lipinski definition) is 0. The van der Waals surface area contributed by atoms with Gasteiger partial charge in [0.1, 0.15) is 11.5 Å². The van der Waals surface area contributed by atoms with Crippen molar-refractivity contribution in [1.29, 1.82) is 0 Å². The Bertz CT molecular complexity index is 1000. The summed E-state index contributed by atoms with van der Waals surface area (Å²) in [6, 6.07) is 3.93. The molecule has 3 aromatic rings. The lowest BCUT2D eigenvalue weighted by atomic mass is 9.95. The molecule has 29 heavy (non-hydrogen) atoms. The molecule has 3 rings (SSSR count). The summed E-state index contributed by atoms with van der Waals surface area (Å²) in [4.78, 5) is 21.1. The van der Waals surface area contributed by atoms with Crippen LogP contribution in [-0.4, -0.2) is 27.7 Å². The zero-order chi connectivity index (χ0) is 21.0. The second-order valence-corrected chi connectivity index (χ2v) is 7.14. The fourth-order valence-corrected chi connectivity index (χ4v) is 3.46. The highest BCUT2D eigenvalue weighted by Crippen LogP contribution is 2.32. The molecule has 6 nitrogen and oxygen atoms in total. The Morgan fingerprint density at radius 3 is 2.52 bits per heavy atom. The average molecular weight is 393 g/mol. The van der Waals surface area contributed by atoms with Crippen LogP contribution in [0.25, 0.3) is 22.4 Å². The lowest BCUT2D eigenvalue weighted by Gasteiger charge is -2.13. The van der Waals surface area contributed by atoms with Crippen molar-refractivity contribution in [3.63, 3.8) is 0 Å². The van der Waals surface area contributed by atoms with Gasteiger partial charge < -0.3 is 9.26 Å². The molecular formula is C23H27N3O3. The minimum Gasteiger partial charge on any atom is -0.461 e. The van der Waals surface area contributed by atoms with Gasteiger partial charge in [-0.3, -0.25) is 4.98 Å². The van der Waals surface area contributed by atoms with Crippen LogP contribution < -0.4 is 0 Å². The molecule has 0 atom stereocenters. The first-order chi connectivity index (χ1) is 14.0. The van der Waals surface area contributed by atoms with E-state index < -0.39 is 5.97 Å². The predicted molar refractivity (Wildman–Crippen MR) is 112 cm³/mol. The fourth-order valence-electron chi connectivity index (χ4n) is 3.46. The van der Waals surface area contributed by atoms with Gasteiger partial charge in [0.05, 0.1) is 18.0 Å². The van der Waals surface area contributed by atoms with E-state index in [9.17, 15) is 4.79 Å². The van der Waals surface area contributed by atoms with Crippen LogP contribution >= 0.6 is 0 Å². The minimum absolute atomic E-state index is 0.315. The topological polar surface area (TPSA) is 78.1 Å². The lowest BCUT2D eigenvalue weighted by molar-refractivity contribution is 0.0519. The first-order valence-corrected chi connectivity index (χ1v) is 10.0. The Balaban J connectivity index is 2.05. The highest BCUT2D eigenvalue weighted by molar-refractivity contribution is 5.88. The number of carbonyl (C=O) groups excluding carboxylic acids is 1. The van der Waals surface area contributed by atoms with Gasteiger partial charge in [-0.2, -0.15) is 0 Å². The predicted octanol–water partition coefficient (Wildman–Crippen LogP) is 5.24. The van der Waals surface area contributed by atoms with E-state index in [1.807, 2.05) is 27.0 Å². The van der Waals surface area contributed by atoms with Crippen molar-refractivity contribution in [3.05, 3.63) is 52.8 Å². The summed E-state index contributed by atoms with van der Waals surface area (Å²) in [6.07, 6.45) is 6.64. The maximum absolute atomic E-state index is 12.0. The second kappa shape index (κ2) is 8.99. The monoisotopic (exact) mass is 393 g/mol. The molecule has 0 amide bonds. The Morgan fingerprint density at radius 2 is 1.90 bits per heavy atom. The van der Waals surface area contributed by atoms with E-state index in [0.29, 0.717) is 12.3 Å². The van der Waals surface area contributed by atoms with Crippen LogP contribution in [-0.2, 0) is 11.2 Å². The van der Waals surface area contributed by atoms with Crippen molar-refractivity contribution >= 4 is 5.97 Å². The van der Waals surface area contributed by atoms with E-state index in [1.165, 1.54) is 0 Å². The number of ether oxygens (including phenoxy) is 1. The lowest BCUT2D eigenvalue weighted by Crippen LogP contribution is -2.08. The number of unbranched alkanes of at least 4 members (excludes halogenated alkanes) is 1. The third-order valence-electron chi connectivity index (χ3n) is 4.94. The molecule has 3 heterocycles. The van der Waals surface area contributed by atoms with Gasteiger partial charge in [0, 0.05) is 29.1 Å². The summed E-state index contributed by atoms with van der Waals surface area (Å²) in [5.41, 5.74) is 7.09. The van der Waals surface area contributed by atoms with Gasteiger partial charge in [0.25, 0.3) is 0 Å². The molecule has 0 aliphatic carbocycles. The molecule has 152 valence electrons. The maximum Gasteiger partial charge on any atom is 0.356 e. The quantitative estimate of drug-likeness (QED) is 0.511. The van der Waals surface area contributed by atoms with Crippen molar-refractivity contribution in [3.8, 4) is 22.4 Å². The van der Waals surface area contributed by atoms with Crippen molar-refractivity contribution in [2.75, 3.05) is 6.61 Å². The van der Waals surface area contributed by atoms with E-state index in [-0.39, 0.29) is 0 Å². The molecule has 0 aliphatic heterocycles. The zero-order valence-corrected chi connectivity index (χ0v) is 17.7. The van der Waals surface area contributed by atoms with E-state index in [4.69, 9.17) is 14.2 Å². The molecule has 0 radical (unpaired) electrons. The Labute approximate surface area is 171 Å². The fraction of sp³-hybridized carbons (Fsp3) is 0.391. The summed E-state index contributed by atoms with van der Waals surface area (Å²) < 4.78 is 10.4. The molecule has 0 saturated carbocycles. The first kappa shape index (κ1) is 20.7. The Kier molecular flexibility index (Phi) is 6.42. The minimum atomic E-state index is -0.407. The van der Waals surface area contributed by atoms with Gasteiger partial charge in [-0.25, -0.2) is 9.78 Å². The van der Waals surface area contributed by atoms with Gasteiger partial charge in [0.2, 0.25) is 0 Å². The van der Waals surface area contributed by atoms with Crippen LogP contribution in [0.4, 0.5) is 0 Å². The molecule has 0 aliphatic rings. The zero-order valence-electron chi connectivity index (χ0n) is 17.7. The Hall–Kier alpha value is -3.02. The maximum atomic E-state index is 12.0. The van der Waals surface area contributed by atoms with Crippen LogP contribution in [0, 0.1) is 20.8 Å². The van der Waals surface area contributed by atoms with Crippen LogP contribution in [0.2, 0.25) is 0 Å². The average Bonchev–Trinajstić information content (AvgIpc) is 3.04. The third kappa shape index (κ3) is 4.36. The van der Waals surface area contributed by atoms with E-state index in [0.717, 1.165) is 64.2 Å². The molecule has 0 aromatic carbocycles. The number of pyridine rings is 2. The molecule has 0 N–H and O–H groups in total. The van der Waals surface area contributed by atoms with Gasteiger partial charge >= 0.3 is 5.97 Å². The smallest absolute Gasteiger partial charge is 0.356 e.